The van der Waals surface area contributed by atoms with Crippen LogP contribution in [0, 0.1) is 17.8 Å². The SMILES string of the molecule is CCCC1CCC(O)C(C(C)C)C1. The van der Waals surface area contributed by atoms with Gasteiger partial charge in [-0.05, 0) is 37.0 Å². The van der Waals surface area contributed by atoms with Crippen LogP contribution in [-0.4, -0.2) is 11.2 Å². The molecule has 1 heteroatoms. The summed E-state index contributed by atoms with van der Waals surface area (Å²) in [6.45, 7) is 6.74. The molecule has 0 radical (unpaired) electrons. The van der Waals surface area contributed by atoms with Crippen molar-refractivity contribution in [3.8, 4) is 0 Å². The molecule has 1 aliphatic rings. The standard InChI is InChI=1S/C12H24O/c1-4-5-10-6-7-12(13)11(8-10)9(2)3/h9-13H,4-8H2,1-3H3. The zero-order chi connectivity index (χ0) is 9.84. The fourth-order valence-electron chi connectivity index (χ4n) is 2.67. The van der Waals surface area contributed by atoms with E-state index in [1.807, 2.05) is 0 Å². The lowest BCUT2D eigenvalue weighted by molar-refractivity contribution is 0.0231. The van der Waals surface area contributed by atoms with Crippen molar-refractivity contribution in [3.05, 3.63) is 0 Å². The number of hydrogen-bond acceptors (Lipinski definition) is 1. The second kappa shape index (κ2) is 4.99. The topological polar surface area (TPSA) is 20.2 Å². The van der Waals surface area contributed by atoms with Crippen LogP contribution in [0.2, 0.25) is 0 Å². The highest BCUT2D eigenvalue weighted by atomic mass is 16.3. The Morgan fingerprint density at radius 1 is 1.31 bits per heavy atom. The molecule has 1 N–H and O–H groups in total. The second-order valence-corrected chi connectivity index (χ2v) is 4.94. The van der Waals surface area contributed by atoms with Gasteiger partial charge >= 0.3 is 0 Å². The van der Waals surface area contributed by atoms with Gasteiger partial charge in [-0.2, -0.15) is 0 Å². The summed E-state index contributed by atoms with van der Waals surface area (Å²) in [6.07, 6.45) is 6.17. The Bertz CT molecular complexity index is 142. The summed E-state index contributed by atoms with van der Waals surface area (Å²) in [5.41, 5.74) is 0. The Labute approximate surface area is 82.5 Å². The molecular weight excluding hydrogens is 160 g/mol. The molecule has 13 heavy (non-hydrogen) atoms. The highest BCUT2D eigenvalue weighted by molar-refractivity contribution is 4.81. The Hall–Kier alpha value is -0.0400. The molecule has 0 aromatic rings. The largest absolute Gasteiger partial charge is 0.393 e. The maximum Gasteiger partial charge on any atom is 0.0571 e. The van der Waals surface area contributed by atoms with E-state index >= 15 is 0 Å². The molecule has 0 saturated heterocycles. The van der Waals surface area contributed by atoms with Crippen LogP contribution in [0.4, 0.5) is 0 Å². The number of aliphatic hydroxyl groups is 1. The number of rotatable bonds is 3. The highest BCUT2D eigenvalue weighted by Crippen LogP contribution is 2.35. The quantitative estimate of drug-likeness (QED) is 0.714. The van der Waals surface area contributed by atoms with Crippen LogP contribution in [0.25, 0.3) is 0 Å². The minimum absolute atomic E-state index is 0.0203. The van der Waals surface area contributed by atoms with Crippen molar-refractivity contribution in [1.29, 1.82) is 0 Å². The van der Waals surface area contributed by atoms with E-state index in [0.717, 1.165) is 12.3 Å². The molecule has 0 aliphatic heterocycles. The maximum atomic E-state index is 9.83. The van der Waals surface area contributed by atoms with Gasteiger partial charge in [0.1, 0.15) is 0 Å². The molecule has 78 valence electrons. The predicted octanol–water partition coefficient (Wildman–Crippen LogP) is 3.22. The van der Waals surface area contributed by atoms with Crippen molar-refractivity contribution in [2.75, 3.05) is 0 Å². The van der Waals surface area contributed by atoms with Gasteiger partial charge in [-0.15, -0.1) is 0 Å². The molecule has 1 nitrogen and oxygen atoms in total. The van der Waals surface area contributed by atoms with Crippen LogP contribution >= 0.6 is 0 Å². The first-order valence-electron chi connectivity index (χ1n) is 5.83. The van der Waals surface area contributed by atoms with Gasteiger partial charge in [0.25, 0.3) is 0 Å². The molecule has 0 amide bonds. The van der Waals surface area contributed by atoms with E-state index in [4.69, 9.17) is 0 Å². The van der Waals surface area contributed by atoms with Gasteiger partial charge < -0.3 is 5.11 Å². The fourth-order valence-corrected chi connectivity index (χ4v) is 2.67. The molecular formula is C12H24O. The molecule has 3 unspecified atom stereocenters. The van der Waals surface area contributed by atoms with Gasteiger partial charge in [-0.25, -0.2) is 0 Å². The lowest BCUT2D eigenvalue weighted by atomic mass is 9.73. The number of hydrogen-bond donors (Lipinski definition) is 1. The van der Waals surface area contributed by atoms with Gasteiger partial charge in [-0.1, -0.05) is 33.6 Å². The first kappa shape index (κ1) is 11.0. The van der Waals surface area contributed by atoms with E-state index in [2.05, 4.69) is 20.8 Å². The third-order valence-electron chi connectivity index (χ3n) is 3.52. The summed E-state index contributed by atoms with van der Waals surface area (Å²) < 4.78 is 0. The summed E-state index contributed by atoms with van der Waals surface area (Å²) in [5.74, 6) is 2.10. The average Bonchev–Trinajstić information content (AvgIpc) is 2.08. The van der Waals surface area contributed by atoms with Crippen molar-refractivity contribution in [3.63, 3.8) is 0 Å². The zero-order valence-electron chi connectivity index (χ0n) is 9.29. The van der Waals surface area contributed by atoms with Crippen molar-refractivity contribution >= 4 is 0 Å². The average molecular weight is 184 g/mol. The van der Waals surface area contributed by atoms with E-state index in [9.17, 15) is 5.11 Å². The number of aliphatic hydroxyl groups excluding tert-OH is 1. The molecule has 0 aromatic carbocycles. The van der Waals surface area contributed by atoms with E-state index in [1.165, 1.54) is 25.7 Å². The van der Waals surface area contributed by atoms with Crippen LogP contribution in [0.5, 0.6) is 0 Å². The Morgan fingerprint density at radius 3 is 2.54 bits per heavy atom. The summed E-state index contributed by atoms with van der Waals surface area (Å²) in [4.78, 5) is 0. The van der Waals surface area contributed by atoms with Crippen LogP contribution in [-0.2, 0) is 0 Å². The van der Waals surface area contributed by atoms with E-state index in [1.54, 1.807) is 0 Å². The Kier molecular flexibility index (Phi) is 4.24. The smallest absolute Gasteiger partial charge is 0.0571 e. The molecule has 0 aromatic heterocycles. The third kappa shape index (κ3) is 2.98. The van der Waals surface area contributed by atoms with Crippen molar-refractivity contribution in [2.45, 2.75) is 59.0 Å². The molecule has 0 heterocycles. The van der Waals surface area contributed by atoms with Crippen molar-refractivity contribution in [2.24, 2.45) is 17.8 Å². The monoisotopic (exact) mass is 184 g/mol. The summed E-state index contributed by atoms with van der Waals surface area (Å²) in [7, 11) is 0. The van der Waals surface area contributed by atoms with E-state index < -0.39 is 0 Å². The van der Waals surface area contributed by atoms with Crippen LogP contribution in [0.3, 0.4) is 0 Å². The Morgan fingerprint density at radius 2 is 2.00 bits per heavy atom. The van der Waals surface area contributed by atoms with Gasteiger partial charge in [0, 0.05) is 0 Å². The van der Waals surface area contributed by atoms with Crippen molar-refractivity contribution in [1.82, 2.24) is 0 Å². The van der Waals surface area contributed by atoms with Crippen LogP contribution in [0.15, 0.2) is 0 Å². The third-order valence-corrected chi connectivity index (χ3v) is 3.52. The van der Waals surface area contributed by atoms with E-state index in [-0.39, 0.29) is 6.10 Å². The summed E-state index contributed by atoms with van der Waals surface area (Å²) in [5, 5.41) is 9.83. The minimum atomic E-state index is -0.0203. The van der Waals surface area contributed by atoms with E-state index in [0.29, 0.717) is 11.8 Å². The first-order valence-corrected chi connectivity index (χ1v) is 5.83. The molecule has 0 spiro atoms. The summed E-state index contributed by atoms with van der Waals surface area (Å²) in [6, 6.07) is 0. The van der Waals surface area contributed by atoms with Gasteiger partial charge in [0.15, 0.2) is 0 Å². The lowest BCUT2D eigenvalue weighted by Gasteiger charge is -2.35. The second-order valence-electron chi connectivity index (χ2n) is 4.94. The zero-order valence-corrected chi connectivity index (χ0v) is 9.29. The molecule has 1 aliphatic carbocycles. The molecule has 1 rings (SSSR count). The van der Waals surface area contributed by atoms with Crippen LogP contribution < -0.4 is 0 Å². The molecule has 3 atom stereocenters. The highest BCUT2D eigenvalue weighted by Gasteiger charge is 2.30. The first-order chi connectivity index (χ1) is 6.15. The Balaban J connectivity index is 2.43. The molecule has 1 saturated carbocycles. The van der Waals surface area contributed by atoms with Gasteiger partial charge in [-0.3, -0.25) is 0 Å². The van der Waals surface area contributed by atoms with Gasteiger partial charge in [0.2, 0.25) is 0 Å². The predicted molar refractivity (Wildman–Crippen MR) is 56.6 cm³/mol. The normalized spacial score (nSPS) is 35.3. The fraction of sp³-hybridized carbons (Fsp3) is 1.00. The lowest BCUT2D eigenvalue weighted by Crippen LogP contribution is -2.32. The molecule has 1 fully saturated rings. The summed E-state index contributed by atoms with van der Waals surface area (Å²) >= 11 is 0. The molecule has 0 bridgehead atoms. The van der Waals surface area contributed by atoms with Gasteiger partial charge in [0.05, 0.1) is 6.10 Å². The minimum Gasteiger partial charge on any atom is -0.393 e. The van der Waals surface area contributed by atoms with Crippen LogP contribution in [0.1, 0.15) is 52.9 Å². The van der Waals surface area contributed by atoms with Crippen molar-refractivity contribution < 1.29 is 5.11 Å². The maximum absolute atomic E-state index is 9.83.